The first-order valence-corrected chi connectivity index (χ1v) is 8.79. The van der Waals surface area contributed by atoms with Gasteiger partial charge in [0.1, 0.15) is 18.4 Å². The Kier molecular flexibility index (Phi) is 4.60. The highest BCUT2D eigenvalue weighted by Crippen LogP contribution is 2.43. The smallest absolute Gasteiger partial charge is 0.225 e. The molecular weight excluding hydrogens is 360 g/mol. The van der Waals surface area contributed by atoms with Crippen molar-refractivity contribution in [3.63, 3.8) is 0 Å². The molecule has 8 heteroatoms. The van der Waals surface area contributed by atoms with E-state index in [9.17, 15) is 9.90 Å². The van der Waals surface area contributed by atoms with E-state index in [2.05, 4.69) is 15.4 Å². The van der Waals surface area contributed by atoms with Crippen LogP contribution in [0.3, 0.4) is 0 Å². The summed E-state index contributed by atoms with van der Waals surface area (Å²) < 4.78 is 12.4. The zero-order valence-corrected chi connectivity index (χ0v) is 15.5. The molecule has 0 aliphatic carbocycles. The second kappa shape index (κ2) is 7.22. The van der Waals surface area contributed by atoms with Crippen molar-refractivity contribution in [2.45, 2.75) is 18.9 Å². The van der Waals surface area contributed by atoms with Gasteiger partial charge in [-0.2, -0.15) is 5.10 Å². The predicted octanol–water partition coefficient (Wildman–Crippen LogP) is 2.52. The molecule has 2 aromatic carbocycles. The largest absolute Gasteiger partial charge is 0.504 e. The number of ether oxygens (including phenoxy) is 2. The Morgan fingerprint density at radius 1 is 1.21 bits per heavy atom. The van der Waals surface area contributed by atoms with Crippen LogP contribution in [0.5, 0.6) is 17.2 Å². The van der Waals surface area contributed by atoms with Crippen LogP contribution in [0.2, 0.25) is 0 Å². The fourth-order valence-electron chi connectivity index (χ4n) is 3.57. The Morgan fingerprint density at radius 3 is 2.75 bits per heavy atom. The lowest BCUT2D eigenvalue weighted by molar-refractivity contribution is -0.116. The first-order valence-electron chi connectivity index (χ1n) is 8.79. The average molecular weight is 380 g/mol. The molecule has 1 aliphatic heterocycles. The summed E-state index contributed by atoms with van der Waals surface area (Å²) >= 11 is 0. The highest BCUT2D eigenvalue weighted by Gasteiger charge is 2.28. The van der Waals surface area contributed by atoms with Crippen LogP contribution in [0, 0.1) is 0 Å². The lowest BCUT2D eigenvalue weighted by Gasteiger charge is -2.27. The summed E-state index contributed by atoms with van der Waals surface area (Å²) in [6.07, 6.45) is 3.43. The maximum absolute atomic E-state index is 12.3. The van der Waals surface area contributed by atoms with E-state index in [1.54, 1.807) is 24.2 Å². The molecule has 2 N–H and O–H groups in total. The third-order valence-corrected chi connectivity index (χ3v) is 4.90. The number of nitrogens with one attached hydrogen (secondary N) is 1. The molecule has 3 aromatic rings. The Hall–Kier alpha value is -3.55. The lowest BCUT2D eigenvalue weighted by Crippen LogP contribution is -2.23. The van der Waals surface area contributed by atoms with E-state index in [4.69, 9.17) is 9.47 Å². The van der Waals surface area contributed by atoms with Gasteiger partial charge in [-0.25, -0.2) is 9.67 Å². The van der Waals surface area contributed by atoms with Crippen molar-refractivity contribution in [2.24, 2.45) is 0 Å². The molecule has 28 heavy (non-hydrogen) atoms. The van der Waals surface area contributed by atoms with Crippen LogP contribution in [0.15, 0.2) is 43.0 Å². The van der Waals surface area contributed by atoms with Gasteiger partial charge in [-0.1, -0.05) is 6.07 Å². The van der Waals surface area contributed by atoms with E-state index in [0.717, 1.165) is 22.4 Å². The molecule has 8 nitrogen and oxygen atoms in total. The summed E-state index contributed by atoms with van der Waals surface area (Å²) in [5, 5.41) is 17.0. The molecule has 1 aliphatic rings. The average Bonchev–Trinajstić information content (AvgIpc) is 3.20. The molecular formula is C20H20N4O4. The molecule has 0 spiro atoms. The molecule has 1 unspecified atom stereocenters. The highest BCUT2D eigenvalue weighted by atomic mass is 16.5. The number of carbonyl (C=O) groups is 1. The standard InChI is InChI=1S/C20H20N4O4/c1-27-18-4-3-12(5-13(18)9-24-11-21-10-22-24)14-7-20(26)23-16-8-17(25)19(28-2)6-15(14)16/h3-6,8,10-11,14,25H,7,9H2,1-2H3,(H,23,26). The summed E-state index contributed by atoms with van der Waals surface area (Å²) in [5.41, 5.74) is 3.39. The Morgan fingerprint density at radius 2 is 2.04 bits per heavy atom. The molecule has 4 rings (SSSR count). The quantitative estimate of drug-likeness (QED) is 0.706. The van der Waals surface area contributed by atoms with Gasteiger partial charge in [0, 0.05) is 29.7 Å². The number of hydrogen-bond donors (Lipinski definition) is 2. The van der Waals surface area contributed by atoms with Crippen LogP contribution < -0.4 is 14.8 Å². The number of methoxy groups -OCH3 is 2. The summed E-state index contributed by atoms with van der Waals surface area (Å²) in [6, 6.07) is 9.17. The van der Waals surface area contributed by atoms with Crippen LogP contribution in [0.25, 0.3) is 0 Å². The normalized spacial score (nSPS) is 15.6. The van der Waals surface area contributed by atoms with Gasteiger partial charge in [-0.05, 0) is 29.3 Å². The maximum atomic E-state index is 12.3. The molecule has 1 amide bonds. The van der Waals surface area contributed by atoms with Gasteiger partial charge < -0.3 is 19.9 Å². The monoisotopic (exact) mass is 380 g/mol. The van der Waals surface area contributed by atoms with Crippen LogP contribution in [0.4, 0.5) is 5.69 Å². The molecule has 0 fully saturated rings. The van der Waals surface area contributed by atoms with Crippen LogP contribution >= 0.6 is 0 Å². The van der Waals surface area contributed by atoms with E-state index in [1.165, 1.54) is 19.5 Å². The summed E-state index contributed by atoms with van der Waals surface area (Å²) in [7, 11) is 3.12. The van der Waals surface area contributed by atoms with Crippen molar-refractivity contribution in [3.8, 4) is 17.2 Å². The number of hydrogen-bond acceptors (Lipinski definition) is 6. The fourth-order valence-corrected chi connectivity index (χ4v) is 3.57. The lowest BCUT2D eigenvalue weighted by atomic mass is 9.84. The SMILES string of the molecule is COc1cc2c(cc1O)NC(=O)CC2c1ccc(OC)c(Cn2cncn2)c1. The first-order chi connectivity index (χ1) is 13.6. The molecule has 0 saturated heterocycles. The Labute approximate surface area is 161 Å². The number of fused-ring (bicyclic) bond motifs is 1. The highest BCUT2D eigenvalue weighted by molar-refractivity contribution is 5.96. The topological polar surface area (TPSA) is 98.5 Å². The van der Waals surface area contributed by atoms with Crippen molar-refractivity contribution in [2.75, 3.05) is 19.5 Å². The zero-order chi connectivity index (χ0) is 19.7. The summed E-state index contributed by atoms with van der Waals surface area (Å²) in [5.74, 6) is 0.831. The predicted molar refractivity (Wildman–Crippen MR) is 102 cm³/mol. The van der Waals surface area contributed by atoms with Crippen molar-refractivity contribution in [1.82, 2.24) is 14.8 Å². The minimum Gasteiger partial charge on any atom is -0.504 e. The van der Waals surface area contributed by atoms with Crippen LogP contribution in [0.1, 0.15) is 29.0 Å². The third kappa shape index (κ3) is 3.24. The Bertz CT molecular complexity index is 1020. The summed E-state index contributed by atoms with van der Waals surface area (Å²) in [6.45, 7) is 0.502. The number of carbonyl (C=O) groups excluding carboxylic acids is 1. The second-order valence-electron chi connectivity index (χ2n) is 6.58. The minimum absolute atomic E-state index is 0.0104. The van der Waals surface area contributed by atoms with E-state index < -0.39 is 0 Å². The van der Waals surface area contributed by atoms with Crippen molar-refractivity contribution in [1.29, 1.82) is 0 Å². The molecule has 144 valence electrons. The van der Waals surface area contributed by atoms with Crippen LogP contribution in [-0.2, 0) is 11.3 Å². The van der Waals surface area contributed by atoms with Crippen LogP contribution in [-0.4, -0.2) is 40.0 Å². The number of anilines is 1. The summed E-state index contributed by atoms with van der Waals surface area (Å²) in [4.78, 5) is 16.2. The minimum atomic E-state index is -0.168. The zero-order valence-electron chi connectivity index (χ0n) is 15.5. The Balaban J connectivity index is 1.78. The van der Waals surface area contributed by atoms with Gasteiger partial charge in [0.15, 0.2) is 11.5 Å². The number of phenols is 1. The molecule has 1 atom stereocenters. The number of amides is 1. The molecule has 0 bridgehead atoms. The number of phenolic OH excluding ortho intramolecular Hbond substituents is 1. The number of aromatic hydroxyl groups is 1. The number of benzene rings is 2. The van der Waals surface area contributed by atoms with E-state index in [0.29, 0.717) is 24.4 Å². The number of aromatic nitrogens is 3. The molecule has 2 heterocycles. The van der Waals surface area contributed by atoms with Gasteiger partial charge in [0.05, 0.1) is 20.8 Å². The maximum Gasteiger partial charge on any atom is 0.225 e. The number of nitrogens with zero attached hydrogens (tertiary/aromatic N) is 3. The van der Waals surface area contributed by atoms with Gasteiger partial charge in [0.2, 0.25) is 5.91 Å². The molecule has 0 radical (unpaired) electrons. The number of rotatable bonds is 5. The van der Waals surface area contributed by atoms with Gasteiger partial charge in [0.25, 0.3) is 0 Å². The van der Waals surface area contributed by atoms with Crippen molar-refractivity contribution >= 4 is 11.6 Å². The second-order valence-corrected chi connectivity index (χ2v) is 6.58. The molecule has 1 aromatic heterocycles. The van der Waals surface area contributed by atoms with Crippen molar-refractivity contribution < 1.29 is 19.4 Å². The van der Waals surface area contributed by atoms with Crippen molar-refractivity contribution in [3.05, 3.63) is 59.7 Å². The van der Waals surface area contributed by atoms with Gasteiger partial charge in [-0.3, -0.25) is 4.79 Å². The van der Waals surface area contributed by atoms with Gasteiger partial charge >= 0.3 is 0 Å². The van der Waals surface area contributed by atoms with Gasteiger partial charge in [-0.15, -0.1) is 0 Å². The molecule has 0 saturated carbocycles. The third-order valence-electron chi connectivity index (χ3n) is 4.90. The fraction of sp³-hybridized carbons (Fsp3) is 0.250. The van der Waals surface area contributed by atoms with E-state index in [-0.39, 0.29) is 17.6 Å². The van der Waals surface area contributed by atoms with E-state index >= 15 is 0 Å². The first kappa shape index (κ1) is 17.8. The van der Waals surface area contributed by atoms with E-state index in [1.807, 2.05) is 18.2 Å².